The highest BCUT2D eigenvalue weighted by molar-refractivity contribution is 8.14. The van der Waals surface area contributed by atoms with Crippen LogP contribution in [0.2, 0.25) is 0 Å². The molecule has 7 nitrogen and oxygen atoms in total. The van der Waals surface area contributed by atoms with Crippen molar-refractivity contribution < 1.29 is 18.8 Å². The Kier molecular flexibility index (Phi) is 6.33. The molecule has 0 radical (unpaired) electrons. The summed E-state index contributed by atoms with van der Waals surface area (Å²) in [6, 6.07) is 6.14. The third kappa shape index (κ3) is 4.78. The maximum absolute atomic E-state index is 13.0. The van der Waals surface area contributed by atoms with Gasteiger partial charge in [-0.15, -0.1) is 0 Å². The van der Waals surface area contributed by atoms with Gasteiger partial charge in [-0.25, -0.2) is 4.39 Å². The number of halogens is 1. The van der Waals surface area contributed by atoms with Crippen LogP contribution in [0.25, 0.3) is 0 Å². The number of hydrogen-bond donors (Lipinski definition) is 1. The first kappa shape index (κ1) is 19.6. The van der Waals surface area contributed by atoms with E-state index < -0.39 is 0 Å². The van der Waals surface area contributed by atoms with Gasteiger partial charge in [0.1, 0.15) is 5.82 Å². The zero-order valence-electron chi connectivity index (χ0n) is 15.2. The van der Waals surface area contributed by atoms with Crippen LogP contribution in [0.3, 0.4) is 0 Å². The Morgan fingerprint density at radius 3 is 2.44 bits per heavy atom. The average molecular weight is 394 g/mol. The van der Waals surface area contributed by atoms with Crippen LogP contribution in [0, 0.1) is 5.82 Å². The number of benzene rings is 1. The normalized spacial score (nSPS) is 19.5. The third-order valence-electron chi connectivity index (χ3n) is 4.91. The van der Waals surface area contributed by atoms with E-state index in [1.54, 1.807) is 12.1 Å². The van der Waals surface area contributed by atoms with Crippen LogP contribution in [0.15, 0.2) is 24.3 Å². The Hall–Kier alpha value is -2.13. The van der Waals surface area contributed by atoms with Gasteiger partial charge in [0.25, 0.3) is 5.24 Å². The SMILES string of the molecule is C[C@H](C(=O)NCCN1C(=O)CSC1=O)N1CCN(c2ccc(F)cc2)CC1. The zero-order chi connectivity index (χ0) is 19.4. The maximum atomic E-state index is 13.0. The molecule has 2 fully saturated rings. The fraction of sp³-hybridized carbons (Fsp3) is 0.500. The highest BCUT2D eigenvalue weighted by Crippen LogP contribution is 2.19. The number of carbonyl (C=O) groups excluding carboxylic acids is 3. The third-order valence-corrected chi connectivity index (χ3v) is 5.77. The van der Waals surface area contributed by atoms with E-state index in [-0.39, 0.29) is 47.8 Å². The molecule has 27 heavy (non-hydrogen) atoms. The number of amides is 3. The quantitative estimate of drug-likeness (QED) is 0.780. The Morgan fingerprint density at radius 1 is 1.19 bits per heavy atom. The molecule has 0 aromatic heterocycles. The Morgan fingerprint density at radius 2 is 1.85 bits per heavy atom. The van der Waals surface area contributed by atoms with Crippen LogP contribution in [-0.2, 0) is 9.59 Å². The van der Waals surface area contributed by atoms with Crippen molar-refractivity contribution >= 4 is 34.5 Å². The minimum Gasteiger partial charge on any atom is -0.369 e. The highest BCUT2D eigenvalue weighted by atomic mass is 32.2. The second kappa shape index (κ2) is 8.71. The van der Waals surface area contributed by atoms with Crippen molar-refractivity contribution in [2.75, 3.05) is 49.9 Å². The summed E-state index contributed by atoms with van der Waals surface area (Å²) >= 11 is 0.991. The summed E-state index contributed by atoms with van der Waals surface area (Å²) in [5.74, 6) is -0.388. The first-order chi connectivity index (χ1) is 13.0. The lowest BCUT2D eigenvalue weighted by Gasteiger charge is -2.38. The van der Waals surface area contributed by atoms with Gasteiger partial charge in [0.2, 0.25) is 11.8 Å². The molecule has 0 unspecified atom stereocenters. The number of rotatable bonds is 6. The predicted molar refractivity (Wildman–Crippen MR) is 102 cm³/mol. The molecule has 0 spiro atoms. The molecule has 146 valence electrons. The largest absolute Gasteiger partial charge is 0.369 e. The Labute approximate surface area is 161 Å². The van der Waals surface area contributed by atoms with E-state index in [0.29, 0.717) is 0 Å². The summed E-state index contributed by atoms with van der Waals surface area (Å²) in [7, 11) is 0. The number of piperazine rings is 1. The van der Waals surface area contributed by atoms with Gasteiger partial charge in [0, 0.05) is 45.0 Å². The molecular formula is C18H23FN4O3S. The molecule has 9 heteroatoms. The lowest BCUT2D eigenvalue weighted by Crippen LogP contribution is -2.54. The van der Waals surface area contributed by atoms with E-state index in [1.807, 2.05) is 6.92 Å². The van der Waals surface area contributed by atoms with E-state index in [1.165, 1.54) is 17.0 Å². The highest BCUT2D eigenvalue weighted by Gasteiger charge is 2.30. The fourth-order valence-electron chi connectivity index (χ4n) is 3.22. The van der Waals surface area contributed by atoms with Gasteiger partial charge < -0.3 is 10.2 Å². The van der Waals surface area contributed by atoms with Crippen LogP contribution in [0.4, 0.5) is 14.9 Å². The number of imide groups is 1. The molecule has 1 aromatic rings. The van der Waals surface area contributed by atoms with Crippen LogP contribution >= 0.6 is 11.8 Å². The summed E-state index contributed by atoms with van der Waals surface area (Å²) in [6.45, 7) is 5.30. The van der Waals surface area contributed by atoms with Crippen molar-refractivity contribution in [2.45, 2.75) is 13.0 Å². The first-order valence-electron chi connectivity index (χ1n) is 8.95. The van der Waals surface area contributed by atoms with Crippen LogP contribution in [0.5, 0.6) is 0 Å². The molecular weight excluding hydrogens is 371 g/mol. The summed E-state index contributed by atoms with van der Waals surface area (Å²) in [5.41, 5.74) is 0.978. The average Bonchev–Trinajstić information content (AvgIpc) is 3.00. The lowest BCUT2D eigenvalue weighted by molar-refractivity contribution is -0.127. The molecule has 1 atom stereocenters. The van der Waals surface area contributed by atoms with Crippen molar-refractivity contribution in [1.29, 1.82) is 0 Å². The van der Waals surface area contributed by atoms with Gasteiger partial charge in [-0.2, -0.15) is 0 Å². The standard InChI is InChI=1S/C18H23FN4O3S/c1-13(17(25)20-6-7-23-16(24)12-27-18(23)26)21-8-10-22(11-9-21)15-4-2-14(19)3-5-15/h2-5,13H,6-12H2,1H3,(H,20,25)/t13-/m1/s1. The second-order valence-electron chi connectivity index (χ2n) is 6.57. The fourth-order valence-corrected chi connectivity index (χ4v) is 3.97. The molecule has 2 aliphatic rings. The van der Waals surface area contributed by atoms with Crippen LogP contribution in [-0.4, -0.2) is 77.9 Å². The lowest BCUT2D eigenvalue weighted by atomic mass is 10.2. The minimum absolute atomic E-state index is 0.114. The van der Waals surface area contributed by atoms with Crippen LogP contribution < -0.4 is 10.2 Å². The van der Waals surface area contributed by atoms with Gasteiger partial charge in [-0.05, 0) is 31.2 Å². The smallest absolute Gasteiger partial charge is 0.288 e. The maximum Gasteiger partial charge on any atom is 0.288 e. The number of thioether (sulfide) groups is 1. The monoisotopic (exact) mass is 394 g/mol. The zero-order valence-corrected chi connectivity index (χ0v) is 16.0. The molecule has 1 aromatic carbocycles. The van der Waals surface area contributed by atoms with E-state index in [4.69, 9.17) is 0 Å². The summed E-state index contributed by atoms with van der Waals surface area (Å²) < 4.78 is 13.0. The predicted octanol–water partition coefficient (Wildman–Crippen LogP) is 1.15. The number of hydrogen-bond acceptors (Lipinski definition) is 6. The van der Waals surface area contributed by atoms with Crippen LogP contribution in [0.1, 0.15) is 6.92 Å². The number of nitrogens with one attached hydrogen (secondary N) is 1. The Balaban J connectivity index is 1.42. The number of carbonyl (C=O) groups is 3. The van der Waals surface area contributed by atoms with Crippen molar-refractivity contribution in [3.63, 3.8) is 0 Å². The second-order valence-corrected chi connectivity index (χ2v) is 7.49. The van der Waals surface area contributed by atoms with E-state index in [2.05, 4.69) is 15.1 Å². The Bertz CT molecular complexity index is 691. The summed E-state index contributed by atoms with van der Waals surface area (Å²) in [6.07, 6.45) is 0. The van der Waals surface area contributed by atoms with Gasteiger partial charge >= 0.3 is 0 Å². The summed E-state index contributed by atoms with van der Waals surface area (Å²) in [5, 5.41) is 2.55. The van der Waals surface area contributed by atoms with Gasteiger partial charge in [-0.3, -0.25) is 24.2 Å². The molecule has 0 saturated carbocycles. The van der Waals surface area contributed by atoms with Crippen molar-refractivity contribution in [1.82, 2.24) is 15.1 Å². The van der Waals surface area contributed by atoms with Gasteiger partial charge in [0.05, 0.1) is 11.8 Å². The molecule has 2 saturated heterocycles. The first-order valence-corrected chi connectivity index (χ1v) is 9.93. The van der Waals surface area contributed by atoms with E-state index in [9.17, 15) is 18.8 Å². The van der Waals surface area contributed by atoms with Crippen molar-refractivity contribution in [3.05, 3.63) is 30.1 Å². The van der Waals surface area contributed by atoms with Gasteiger partial charge in [0.15, 0.2) is 0 Å². The molecule has 3 rings (SSSR count). The van der Waals surface area contributed by atoms with Crippen molar-refractivity contribution in [3.8, 4) is 0 Å². The minimum atomic E-state index is -0.292. The topological polar surface area (TPSA) is 73.0 Å². The molecule has 0 bridgehead atoms. The molecule has 0 aliphatic carbocycles. The number of anilines is 1. The molecule has 1 N–H and O–H groups in total. The van der Waals surface area contributed by atoms with E-state index in [0.717, 1.165) is 43.6 Å². The molecule has 2 aliphatic heterocycles. The van der Waals surface area contributed by atoms with Gasteiger partial charge in [-0.1, -0.05) is 11.8 Å². The van der Waals surface area contributed by atoms with Crippen molar-refractivity contribution in [2.24, 2.45) is 0 Å². The number of nitrogens with zero attached hydrogens (tertiary/aromatic N) is 3. The molecule has 2 heterocycles. The summed E-state index contributed by atoms with van der Waals surface area (Å²) in [4.78, 5) is 40.9. The van der Waals surface area contributed by atoms with E-state index >= 15 is 0 Å². The molecule has 3 amide bonds.